The number of aryl methyl sites for hydroxylation is 1. The van der Waals surface area contributed by atoms with E-state index in [0.717, 1.165) is 18.3 Å². The van der Waals surface area contributed by atoms with E-state index in [1.165, 1.54) is 41.0 Å². The molecule has 166 valence electrons. The molecule has 0 saturated carbocycles. The number of halogens is 4. The predicted molar refractivity (Wildman–Crippen MR) is 107 cm³/mol. The molecule has 0 radical (unpaired) electrons. The van der Waals surface area contributed by atoms with Gasteiger partial charge in [-0.2, -0.15) is 18.3 Å². The average molecular weight is 447 g/mol. The Kier molecular flexibility index (Phi) is 5.19. The quantitative estimate of drug-likeness (QED) is 0.610. The van der Waals surface area contributed by atoms with Crippen LogP contribution in [0.3, 0.4) is 0 Å². The second kappa shape index (κ2) is 7.74. The molecule has 0 unspecified atom stereocenters. The summed E-state index contributed by atoms with van der Waals surface area (Å²) in [4.78, 5) is 31.0. The van der Waals surface area contributed by atoms with E-state index in [0.29, 0.717) is 0 Å². The fourth-order valence-corrected chi connectivity index (χ4v) is 3.66. The SMILES string of the molecule is Cc1cc(N2C[C@H](C)n3ncc(C(=O)Nc4cncc(F)c4)c3C2=O)ccc1C(F)(F)F. The van der Waals surface area contributed by atoms with Crippen LogP contribution in [0, 0.1) is 12.7 Å². The number of benzene rings is 1. The smallest absolute Gasteiger partial charge is 0.320 e. The normalized spacial score (nSPS) is 16.1. The van der Waals surface area contributed by atoms with Crippen molar-refractivity contribution in [2.75, 3.05) is 16.8 Å². The highest BCUT2D eigenvalue weighted by Gasteiger charge is 2.37. The second-order valence-corrected chi connectivity index (χ2v) is 7.46. The van der Waals surface area contributed by atoms with Gasteiger partial charge in [-0.1, -0.05) is 0 Å². The van der Waals surface area contributed by atoms with E-state index in [2.05, 4.69) is 15.4 Å². The Hall–Kier alpha value is -3.76. The first-order valence-corrected chi connectivity index (χ1v) is 9.55. The highest BCUT2D eigenvalue weighted by Crippen LogP contribution is 2.35. The lowest BCUT2D eigenvalue weighted by Crippen LogP contribution is -2.43. The third-order valence-electron chi connectivity index (χ3n) is 5.14. The Morgan fingerprint density at radius 1 is 1.19 bits per heavy atom. The molecule has 7 nitrogen and oxygen atoms in total. The number of nitrogens with zero attached hydrogens (tertiary/aromatic N) is 4. The van der Waals surface area contributed by atoms with Crippen molar-refractivity contribution >= 4 is 23.2 Å². The number of nitrogens with one attached hydrogen (secondary N) is 1. The molecule has 0 spiro atoms. The van der Waals surface area contributed by atoms with Crippen LogP contribution in [-0.4, -0.2) is 33.1 Å². The first-order valence-electron chi connectivity index (χ1n) is 9.55. The molecule has 2 aromatic heterocycles. The van der Waals surface area contributed by atoms with E-state index in [-0.39, 0.29) is 40.8 Å². The van der Waals surface area contributed by atoms with E-state index in [1.807, 2.05) is 0 Å². The molecule has 4 rings (SSSR count). The van der Waals surface area contributed by atoms with Gasteiger partial charge < -0.3 is 10.2 Å². The molecule has 0 fully saturated rings. The van der Waals surface area contributed by atoms with Crippen molar-refractivity contribution in [3.63, 3.8) is 0 Å². The van der Waals surface area contributed by atoms with Gasteiger partial charge >= 0.3 is 6.18 Å². The zero-order valence-electron chi connectivity index (χ0n) is 16.9. The minimum absolute atomic E-state index is 0.0110. The Morgan fingerprint density at radius 2 is 1.94 bits per heavy atom. The van der Waals surface area contributed by atoms with Crippen LogP contribution in [0.1, 0.15) is 44.9 Å². The molecule has 3 aromatic rings. The topological polar surface area (TPSA) is 80.1 Å². The summed E-state index contributed by atoms with van der Waals surface area (Å²) in [7, 11) is 0. The van der Waals surface area contributed by atoms with Gasteiger partial charge in [0.2, 0.25) is 0 Å². The molecular weight excluding hydrogens is 430 g/mol. The van der Waals surface area contributed by atoms with Gasteiger partial charge in [-0.15, -0.1) is 0 Å². The van der Waals surface area contributed by atoms with Crippen molar-refractivity contribution in [3.8, 4) is 0 Å². The summed E-state index contributed by atoms with van der Waals surface area (Å²) < 4.78 is 54.1. The van der Waals surface area contributed by atoms with Crippen LogP contribution in [0.4, 0.5) is 28.9 Å². The maximum Gasteiger partial charge on any atom is 0.416 e. The number of rotatable bonds is 3. The van der Waals surface area contributed by atoms with Gasteiger partial charge in [0.1, 0.15) is 11.5 Å². The van der Waals surface area contributed by atoms with Crippen molar-refractivity contribution in [2.24, 2.45) is 0 Å². The van der Waals surface area contributed by atoms with Crippen LogP contribution >= 0.6 is 0 Å². The molecule has 0 aliphatic carbocycles. The van der Waals surface area contributed by atoms with E-state index >= 15 is 0 Å². The lowest BCUT2D eigenvalue weighted by molar-refractivity contribution is -0.138. The molecule has 2 amide bonds. The van der Waals surface area contributed by atoms with Crippen LogP contribution in [0.5, 0.6) is 0 Å². The number of anilines is 2. The number of carbonyl (C=O) groups is 2. The molecule has 1 aliphatic rings. The molecular formula is C21H17F4N5O2. The Balaban J connectivity index is 1.67. The zero-order valence-corrected chi connectivity index (χ0v) is 16.9. The van der Waals surface area contributed by atoms with Crippen LogP contribution < -0.4 is 10.2 Å². The summed E-state index contributed by atoms with van der Waals surface area (Å²) in [5.41, 5.74) is -0.483. The van der Waals surface area contributed by atoms with Crippen LogP contribution in [0.15, 0.2) is 42.9 Å². The molecule has 1 N–H and O–H groups in total. The lowest BCUT2D eigenvalue weighted by atomic mass is 10.0. The molecule has 32 heavy (non-hydrogen) atoms. The third kappa shape index (κ3) is 3.81. The molecule has 1 aliphatic heterocycles. The van der Waals surface area contributed by atoms with E-state index in [4.69, 9.17) is 0 Å². The van der Waals surface area contributed by atoms with Gasteiger partial charge in [0.15, 0.2) is 0 Å². The minimum Gasteiger partial charge on any atom is -0.320 e. The van der Waals surface area contributed by atoms with Crippen molar-refractivity contribution in [3.05, 3.63) is 71.1 Å². The van der Waals surface area contributed by atoms with Crippen molar-refractivity contribution < 1.29 is 27.2 Å². The first kappa shape index (κ1) is 21.5. The zero-order chi connectivity index (χ0) is 23.2. The Morgan fingerprint density at radius 3 is 2.59 bits per heavy atom. The highest BCUT2D eigenvalue weighted by molar-refractivity contribution is 6.15. The van der Waals surface area contributed by atoms with Crippen molar-refractivity contribution in [1.29, 1.82) is 0 Å². The van der Waals surface area contributed by atoms with Gasteiger partial charge in [0, 0.05) is 18.3 Å². The molecule has 0 saturated heterocycles. The summed E-state index contributed by atoms with van der Waals surface area (Å²) in [6.45, 7) is 3.25. The maximum absolute atomic E-state index is 13.4. The fraction of sp³-hybridized carbons (Fsp3) is 0.238. The number of pyridine rings is 1. The summed E-state index contributed by atoms with van der Waals surface area (Å²) in [6.07, 6.45) is -1.05. The first-order chi connectivity index (χ1) is 15.1. The third-order valence-corrected chi connectivity index (χ3v) is 5.14. The highest BCUT2D eigenvalue weighted by atomic mass is 19.4. The standard InChI is InChI=1S/C21H17F4N5O2/c1-11-5-15(3-4-17(11)21(23,24)25)29-10-12(2)30-18(20(29)32)16(9-27-30)19(31)28-14-6-13(22)7-26-8-14/h3-9,12H,10H2,1-2H3,(H,28,31)/t12-/m0/s1. The Bertz CT molecular complexity index is 1220. The number of fused-ring (bicyclic) bond motifs is 1. The summed E-state index contributed by atoms with van der Waals surface area (Å²) in [5.74, 6) is -1.92. The van der Waals surface area contributed by atoms with E-state index in [1.54, 1.807) is 6.92 Å². The molecule has 11 heteroatoms. The second-order valence-electron chi connectivity index (χ2n) is 7.46. The summed E-state index contributed by atoms with van der Waals surface area (Å²) in [6, 6.07) is 4.17. The summed E-state index contributed by atoms with van der Waals surface area (Å²) >= 11 is 0. The largest absolute Gasteiger partial charge is 0.416 e. The van der Waals surface area contributed by atoms with Gasteiger partial charge in [0.25, 0.3) is 11.8 Å². The Labute approximate surface area is 179 Å². The van der Waals surface area contributed by atoms with E-state index in [9.17, 15) is 27.2 Å². The molecule has 1 aromatic carbocycles. The minimum atomic E-state index is -4.50. The number of hydrogen-bond donors (Lipinski definition) is 1. The van der Waals surface area contributed by atoms with Gasteiger partial charge in [0.05, 0.1) is 41.4 Å². The fourth-order valence-electron chi connectivity index (χ4n) is 3.66. The van der Waals surface area contributed by atoms with Gasteiger partial charge in [-0.3, -0.25) is 19.3 Å². The van der Waals surface area contributed by atoms with E-state index < -0.39 is 29.4 Å². The number of hydrogen-bond acceptors (Lipinski definition) is 4. The number of aromatic nitrogens is 3. The monoisotopic (exact) mass is 447 g/mol. The van der Waals surface area contributed by atoms with Crippen LogP contribution in [-0.2, 0) is 6.18 Å². The molecule has 1 atom stereocenters. The van der Waals surface area contributed by atoms with Crippen molar-refractivity contribution in [2.45, 2.75) is 26.1 Å². The van der Waals surface area contributed by atoms with Crippen LogP contribution in [0.2, 0.25) is 0 Å². The van der Waals surface area contributed by atoms with Gasteiger partial charge in [-0.25, -0.2) is 4.39 Å². The number of carbonyl (C=O) groups excluding carboxylic acids is 2. The number of alkyl halides is 3. The average Bonchev–Trinajstić information content (AvgIpc) is 3.16. The maximum atomic E-state index is 13.4. The predicted octanol–water partition coefficient (Wildman–Crippen LogP) is 4.22. The molecule has 3 heterocycles. The van der Waals surface area contributed by atoms with Crippen molar-refractivity contribution in [1.82, 2.24) is 14.8 Å². The van der Waals surface area contributed by atoms with Gasteiger partial charge in [-0.05, 0) is 37.6 Å². The molecule has 0 bridgehead atoms. The lowest BCUT2D eigenvalue weighted by Gasteiger charge is -2.32. The van der Waals surface area contributed by atoms with Crippen LogP contribution in [0.25, 0.3) is 0 Å². The number of amides is 2. The summed E-state index contributed by atoms with van der Waals surface area (Å²) in [5, 5.41) is 6.60.